The van der Waals surface area contributed by atoms with Crippen LogP contribution >= 0.6 is 38.6 Å². The van der Waals surface area contributed by atoms with E-state index < -0.39 is 15.9 Å². The van der Waals surface area contributed by atoms with E-state index in [9.17, 15) is 13.2 Å². The van der Waals surface area contributed by atoms with Gasteiger partial charge in [0.25, 0.3) is 10.0 Å². The molecule has 2 aromatic heterocycles. The predicted octanol–water partition coefficient (Wildman–Crippen LogP) is 1.83. The third kappa shape index (κ3) is 4.09. The third-order valence-corrected chi connectivity index (χ3v) is 6.33. The number of aromatic nitrogens is 1. The van der Waals surface area contributed by atoms with Gasteiger partial charge in [0, 0.05) is 5.38 Å². The summed E-state index contributed by atoms with van der Waals surface area (Å²) in [5, 5.41) is 2.62. The Kier molecular flexibility index (Phi) is 4.91. The Hall–Kier alpha value is -0.810. The van der Waals surface area contributed by atoms with Gasteiger partial charge in [-0.05, 0) is 35.0 Å². The number of rotatable bonds is 5. The quantitative estimate of drug-likeness (QED) is 0.755. The van der Waals surface area contributed by atoms with Crippen LogP contribution in [0.1, 0.15) is 10.7 Å². The summed E-state index contributed by atoms with van der Waals surface area (Å²) in [5.74, 6) is -0.463. The predicted molar refractivity (Wildman–Crippen MR) is 81.0 cm³/mol. The van der Waals surface area contributed by atoms with Gasteiger partial charge in [0.2, 0.25) is 5.91 Å². The number of aryl methyl sites for hydroxylation is 1. The molecule has 108 valence electrons. The highest BCUT2D eigenvalue weighted by Crippen LogP contribution is 2.25. The van der Waals surface area contributed by atoms with Gasteiger partial charge in [-0.15, -0.1) is 27.5 Å². The number of thiophene rings is 1. The Morgan fingerprint density at radius 2 is 2.20 bits per heavy atom. The first-order valence-electron chi connectivity index (χ1n) is 5.34. The van der Waals surface area contributed by atoms with E-state index in [-0.39, 0.29) is 10.6 Å². The molecule has 0 aromatic carbocycles. The minimum atomic E-state index is -3.73. The van der Waals surface area contributed by atoms with Gasteiger partial charge >= 0.3 is 0 Å². The maximum Gasteiger partial charge on any atom is 0.266 e. The van der Waals surface area contributed by atoms with Crippen LogP contribution in [0.15, 0.2) is 25.5 Å². The van der Waals surface area contributed by atoms with Gasteiger partial charge in [0.1, 0.15) is 4.21 Å². The average Bonchev–Trinajstić information content (AvgIpc) is 2.96. The number of nitrogens with zero attached hydrogens (tertiary/aromatic N) is 1. The van der Waals surface area contributed by atoms with Crippen molar-refractivity contribution >= 4 is 54.5 Å². The zero-order chi connectivity index (χ0) is 14.8. The number of sulfonamides is 1. The molecule has 0 fully saturated rings. The maximum absolute atomic E-state index is 11.9. The highest BCUT2D eigenvalue weighted by molar-refractivity contribution is 9.11. The first-order chi connectivity index (χ1) is 9.37. The van der Waals surface area contributed by atoms with E-state index in [4.69, 9.17) is 0 Å². The van der Waals surface area contributed by atoms with Crippen molar-refractivity contribution in [2.24, 2.45) is 0 Å². The molecule has 10 heteroatoms. The summed E-state index contributed by atoms with van der Waals surface area (Å²) < 4.78 is 24.5. The number of hydrogen-bond acceptors (Lipinski definition) is 6. The van der Waals surface area contributed by atoms with Gasteiger partial charge in [-0.2, -0.15) is 0 Å². The fraction of sp³-hybridized carbons (Fsp3) is 0.200. The first-order valence-corrected chi connectivity index (χ1v) is 9.31. The number of carbonyl (C=O) groups excluding carboxylic acids is 1. The number of amides is 1. The molecular weight excluding hydrogens is 386 g/mol. The van der Waals surface area contributed by atoms with Crippen LogP contribution in [0.2, 0.25) is 0 Å². The van der Waals surface area contributed by atoms with E-state index in [0.29, 0.717) is 9.48 Å². The minimum Gasteiger partial charge on any atom is -0.277 e. The Bertz CT molecular complexity index is 723. The van der Waals surface area contributed by atoms with E-state index in [2.05, 4.69) is 31.2 Å². The molecule has 2 heterocycles. The molecule has 0 bridgehead atoms. The van der Waals surface area contributed by atoms with E-state index in [1.165, 1.54) is 17.4 Å². The normalized spacial score (nSPS) is 11.5. The SMILES string of the molecule is Cc1nc(CC(=O)NNS(=O)(=O)c2ccc(Br)s2)cs1. The number of hydrazine groups is 1. The Morgan fingerprint density at radius 1 is 1.45 bits per heavy atom. The van der Waals surface area contributed by atoms with Gasteiger partial charge in [-0.3, -0.25) is 10.2 Å². The number of hydrogen-bond donors (Lipinski definition) is 2. The molecule has 6 nitrogen and oxygen atoms in total. The second kappa shape index (κ2) is 6.31. The summed E-state index contributed by atoms with van der Waals surface area (Å²) in [4.78, 5) is 17.8. The maximum atomic E-state index is 11.9. The summed E-state index contributed by atoms with van der Waals surface area (Å²) in [6.07, 6.45) is 0.0288. The number of carbonyl (C=O) groups is 1. The first kappa shape index (κ1) is 15.6. The van der Waals surface area contributed by atoms with E-state index in [1.54, 1.807) is 11.4 Å². The summed E-state index contributed by atoms with van der Waals surface area (Å²) in [6.45, 7) is 1.84. The van der Waals surface area contributed by atoms with E-state index in [0.717, 1.165) is 16.3 Å². The van der Waals surface area contributed by atoms with Crippen molar-refractivity contribution in [2.75, 3.05) is 0 Å². The number of thiazole rings is 1. The second-order valence-corrected chi connectivity index (χ2v) is 9.18. The smallest absolute Gasteiger partial charge is 0.266 e. The lowest BCUT2D eigenvalue weighted by atomic mass is 10.3. The van der Waals surface area contributed by atoms with Crippen molar-refractivity contribution in [1.82, 2.24) is 15.2 Å². The highest BCUT2D eigenvalue weighted by Gasteiger charge is 2.17. The van der Waals surface area contributed by atoms with E-state index >= 15 is 0 Å². The van der Waals surface area contributed by atoms with Crippen LogP contribution in [-0.2, 0) is 21.2 Å². The second-order valence-electron chi connectivity index (χ2n) is 3.75. The van der Waals surface area contributed by atoms with Crippen molar-refractivity contribution in [3.63, 3.8) is 0 Å². The van der Waals surface area contributed by atoms with Gasteiger partial charge in [0.15, 0.2) is 0 Å². The zero-order valence-electron chi connectivity index (χ0n) is 10.2. The monoisotopic (exact) mass is 395 g/mol. The van der Waals surface area contributed by atoms with Gasteiger partial charge < -0.3 is 0 Å². The van der Waals surface area contributed by atoms with Crippen molar-refractivity contribution < 1.29 is 13.2 Å². The molecule has 0 radical (unpaired) electrons. The Labute approximate surface area is 132 Å². The fourth-order valence-corrected chi connectivity index (χ4v) is 4.80. The number of halogens is 1. The topological polar surface area (TPSA) is 88.2 Å². The summed E-state index contributed by atoms with van der Waals surface area (Å²) in [7, 11) is -3.73. The van der Waals surface area contributed by atoms with E-state index in [1.807, 2.05) is 6.92 Å². The molecule has 0 aliphatic heterocycles. The Balaban J connectivity index is 1.93. The van der Waals surface area contributed by atoms with Gasteiger partial charge in [-0.1, -0.05) is 0 Å². The zero-order valence-corrected chi connectivity index (χ0v) is 14.2. The van der Waals surface area contributed by atoms with Gasteiger partial charge in [0.05, 0.1) is 20.9 Å². The molecule has 2 N–H and O–H groups in total. The Morgan fingerprint density at radius 3 is 2.75 bits per heavy atom. The summed E-state index contributed by atoms with van der Waals surface area (Å²) >= 11 is 5.68. The van der Waals surface area contributed by atoms with Crippen molar-refractivity contribution in [3.05, 3.63) is 32.0 Å². The summed E-state index contributed by atoms with van der Waals surface area (Å²) in [6, 6.07) is 3.08. The standard InChI is InChI=1S/C10H10BrN3O3S3/c1-6-12-7(5-18-6)4-9(15)13-14-20(16,17)10-3-2-8(11)19-10/h2-3,5,14H,4H2,1H3,(H,13,15). The largest absolute Gasteiger partial charge is 0.277 e. The van der Waals surface area contributed by atoms with Crippen LogP contribution in [0, 0.1) is 6.92 Å². The van der Waals surface area contributed by atoms with Gasteiger partial charge in [-0.25, -0.2) is 13.4 Å². The molecule has 0 unspecified atom stereocenters. The molecule has 0 spiro atoms. The molecule has 0 saturated carbocycles. The van der Waals surface area contributed by atoms with Crippen LogP contribution in [0.3, 0.4) is 0 Å². The molecule has 2 rings (SSSR count). The van der Waals surface area contributed by atoms with Crippen LogP contribution in [0.4, 0.5) is 0 Å². The average molecular weight is 396 g/mol. The van der Waals surface area contributed by atoms with Crippen LogP contribution in [-0.4, -0.2) is 19.3 Å². The van der Waals surface area contributed by atoms with Crippen LogP contribution < -0.4 is 10.3 Å². The lowest BCUT2D eigenvalue weighted by Crippen LogP contribution is -2.42. The molecule has 2 aromatic rings. The molecule has 20 heavy (non-hydrogen) atoms. The van der Waals surface area contributed by atoms with Crippen molar-refractivity contribution in [3.8, 4) is 0 Å². The third-order valence-electron chi connectivity index (χ3n) is 2.15. The molecule has 0 atom stereocenters. The fourth-order valence-electron chi connectivity index (χ4n) is 1.31. The minimum absolute atomic E-state index is 0.0288. The molecular formula is C10H10BrN3O3S3. The lowest BCUT2D eigenvalue weighted by molar-refractivity contribution is -0.120. The van der Waals surface area contributed by atoms with Crippen molar-refractivity contribution in [1.29, 1.82) is 0 Å². The molecule has 0 saturated heterocycles. The molecule has 0 aliphatic rings. The van der Waals surface area contributed by atoms with Crippen molar-refractivity contribution in [2.45, 2.75) is 17.6 Å². The summed E-state index contributed by atoms with van der Waals surface area (Å²) in [5.41, 5.74) is 2.78. The molecule has 1 amide bonds. The van der Waals surface area contributed by atoms with Crippen LogP contribution in [0.5, 0.6) is 0 Å². The molecule has 0 aliphatic carbocycles. The lowest BCUT2D eigenvalue weighted by Gasteiger charge is -2.05. The number of nitrogens with one attached hydrogen (secondary N) is 2. The highest BCUT2D eigenvalue weighted by atomic mass is 79.9. The van der Waals surface area contributed by atoms with Crippen LogP contribution in [0.25, 0.3) is 0 Å².